The minimum Gasteiger partial charge on any atom is -0.456 e. The number of carbonyl (C=O) groups is 4. The van der Waals surface area contributed by atoms with E-state index in [2.05, 4.69) is 9.80 Å². The van der Waals surface area contributed by atoms with Crippen molar-refractivity contribution in [2.45, 2.75) is 114 Å². The number of rotatable bonds is 10. The SMILES string of the molecule is C[C@@H](O)[C@H]1C(=O)N2C(C(=O)OCc3ccc([N+](=O)[O-])cc3)=C(S[C@@H]3CN(C(=O)OC(C)(C)C)[C@@](C=O)(N4CCC(N5CCCCC5)CC4)C3)[C@H](C)[C@H]12. The second kappa shape index (κ2) is 15.1. The summed E-state index contributed by atoms with van der Waals surface area (Å²) in [6.45, 7) is 12.3. The Morgan fingerprint density at radius 1 is 1.12 bits per heavy atom. The number of thioether (sulfide) groups is 1. The number of β-lactam (4-membered cyclic amide) rings is 1. The molecule has 5 aliphatic rings. The van der Waals surface area contributed by atoms with Crippen molar-refractivity contribution in [1.82, 2.24) is 19.6 Å². The summed E-state index contributed by atoms with van der Waals surface area (Å²) in [5.41, 5.74) is -1.49. The molecule has 1 N–H and O–H groups in total. The van der Waals surface area contributed by atoms with E-state index in [0.717, 1.165) is 32.2 Å². The first-order chi connectivity index (χ1) is 24.6. The summed E-state index contributed by atoms with van der Waals surface area (Å²) in [6, 6.07) is 5.66. The Balaban J connectivity index is 1.26. The van der Waals surface area contributed by atoms with Gasteiger partial charge in [0.2, 0.25) is 5.91 Å². The van der Waals surface area contributed by atoms with Gasteiger partial charge >= 0.3 is 12.1 Å². The average molecular weight is 742 g/mol. The highest BCUT2D eigenvalue weighted by molar-refractivity contribution is 8.03. The maximum atomic E-state index is 13.9. The molecule has 14 nitrogen and oxygen atoms in total. The molecule has 6 atom stereocenters. The molecular formula is C37H51N5O9S. The fraction of sp³-hybridized carbons (Fsp3) is 0.676. The topological polar surface area (TPSA) is 163 Å². The molecule has 2 amide bonds. The third kappa shape index (κ3) is 7.33. The van der Waals surface area contributed by atoms with Crippen molar-refractivity contribution >= 4 is 41.7 Å². The molecule has 5 aliphatic heterocycles. The Morgan fingerprint density at radius 3 is 2.35 bits per heavy atom. The van der Waals surface area contributed by atoms with Crippen LogP contribution in [0.4, 0.5) is 10.5 Å². The van der Waals surface area contributed by atoms with Crippen molar-refractivity contribution in [3.8, 4) is 0 Å². The lowest BCUT2D eigenvalue weighted by Gasteiger charge is -2.48. The highest BCUT2D eigenvalue weighted by atomic mass is 32.2. The minimum absolute atomic E-state index is 0.0889. The molecule has 52 heavy (non-hydrogen) atoms. The van der Waals surface area contributed by atoms with Crippen molar-refractivity contribution in [3.05, 3.63) is 50.5 Å². The largest absolute Gasteiger partial charge is 0.456 e. The first kappa shape index (κ1) is 38.2. The van der Waals surface area contributed by atoms with Crippen LogP contribution in [0.5, 0.6) is 0 Å². The summed E-state index contributed by atoms with van der Waals surface area (Å²) in [6.07, 6.45) is 5.11. The molecule has 0 spiro atoms. The molecule has 4 fully saturated rings. The van der Waals surface area contributed by atoms with Crippen molar-refractivity contribution in [1.29, 1.82) is 0 Å². The Hall–Kier alpha value is -3.53. The average Bonchev–Trinajstić information content (AvgIpc) is 3.60. The predicted octanol–water partition coefficient (Wildman–Crippen LogP) is 4.30. The molecule has 6 rings (SSSR count). The van der Waals surface area contributed by atoms with E-state index in [0.29, 0.717) is 36.0 Å². The van der Waals surface area contributed by atoms with E-state index in [9.17, 15) is 34.4 Å². The highest BCUT2D eigenvalue weighted by Gasteiger charge is 2.61. The zero-order chi connectivity index (χ0) is 37.5. The smallest absolute Gasteiger partial charge is 0.412 e. The van der Waals surface area contributed by atoms with E-state index in [4.69, 9.17) is 9.47 Å². The lowest BCUT2D eigenvalue weighted by molar-refractivity contribution is -0.384. The second-order valence-electron chi connectivity index (χ2n) is 15.8. The molecule has 0 radical (unpaired) electrons. The monoisotopic (exact) mass is 741 g/mol. The van der Waals surface area contributed by atoms with Gasteiger partial charge in [-0.3, -0.25) is 29.5 Å². The van der Waals surface area contributed by atoms with Gasteiger partial charge in [-0.1, -0.05) is 13.3 Å². The number of carbonyl (C=O) groups excluding carboxylic acids is 4. The number of benzene rings is 1. The molecule has 0 aliphatic carbocycles. The molecule has 0 saturated carbocycles. The van der Waals surface area contributed by atoms with Crippen LogP contribution in [0.1, 0.15) is 78.7 Å². The molecule has 1 aromatic carbocycles. The molecule has 5 heterocycles. The quantitative estimate of drug-likeness (QED) is 0.119. The highest BCUT2D eigenvalue weighted by Crippen LogP contribution is 2.53. The number of nitro benzene ring substituents is 1. The van der Waals surface area contributed by atoms with Gasteiger partial charge in [0.1, 0.15) is 17.9 Å². The summed E-state index contributed by atoms with van der Waals surface area (Å²) in [5.74, 6) is -2.12. The van der Waals surface area contributed by atoms with E-state index in [-0.39, 0.29) is 41.6 Å². The van der Waals surface area contributed by atoms with E-state index in [1.54, 1.807) is 32.6 Å². The van der Waals surface area contributed by atoms with Gasteiger partial charge in [0.25, 0.3) is 5.69 Å². The molecule has 4 saturated heterocycles. The number of esters is 1. The first-order valence-corrected chi connectivity index (χ1v) is 19.3. The fourth-order valence-corrected chi connectivity index (χ4v) is 10.2. The molecule has 1 aromatic rings. The number of aliphatic hydroxyl groups is 1. The van der Waals surface area contributed by atoms with Crippen LogP contribution in [-0.2, 0) is 30.5 Å². The normalized spacial score (nSPS) is 29.5. The lowest BCUT2D eigenvalue weighted by atomic mass is 9.79. The molecular weight excluding hydrogens is 690 g/mol. The van der Waals surface area contributed by atoms with Gasteiger partial charge in [-0.05, 0) is 84.2 Å². The number of nitrogens with zero attached hydrogens (tertiary/aromatic N) is 5. The van der Waals surface area contributed by atoms with Crippen LogP contribution >= 0.6 is 11.8 Å². The number of piperidine rings is 2. The van der Waals surface area contributed by atoms with Crippen LogP contribution in [0.25, 0.3) is 0 Å². The number of ether oxygens (including phenoxy) is 2. The summed E-state index contributed by atoms with van der Waals surface area (Å²) < 4.78 is 11.6. The van der Waals surface area contributed by atoms with Gasteiger partial charge in [-0.15, -0.1) is 11.8 Å². The van der Waals surface area contributed by atoms with Crippen molar-refractivity contribution in [3.63, 3.8) is 0 Å². The molecule has 0 aromatic heterocycles. The molecule has 0 unspecified atom stereocenters. The van der Waals surface area contributed by atoms with Crippen LogP contribution in [0.15, 0.2) is 34.9 Å². The Kier molecular flexibility index (Phi) is 11.1. The van der Waals surface area contributed by atoms with Crippen molar-refractivity contribution in [2.24, 2.45) is 11.8 Å². The number of hydrogen-bond donors (Lipinski definition) is 1. The fourth-order valence-electron chi connectivity index (χ4n) is 8.67. The minimum atomic E-state index is -1.25. The summed E-state index contributed by atoms with van der Waals surface area (Å²) in [7, 11) is 0. The maximum Gasteiger partial charge on any atom is 0.412 e. The van der Waals surface area contributed by atoms with Crippen LogP contribution in [-0.4, -0.2) is 121 Å². The van der Waals surface area contributed by atoms with Gasteiger partial charge in [0, 0.05) is 60.3 Å². The van der Waals surface area contributed by atoms with Crippen LogP contribution in [0, 0.1) is 22.0 Å². The third-order valence-electron chi connectivity index (χ3n) is 11.2. The summed E-state index contributed by atoms with van der Waals surface area (Å²) >= 11 is 1.38. The number of nitro groups is 1. The van der Waals surface area contributed by atoms with E-state index in [1.165, 1.54) is 60.2 Å². The van der Waals surface area contributed by atoms with E-state index in [1.807, 2.05) is 6.92 Å². The van der Waals surface area contributed by atoms with Crippen molar-refractivity contribution < 1.29 is 38.7 Å². The molecule has 15 heteroatoms. The van der Waals surface area contributed by atoms with E-state index >= 15 is 0 Å². The van der Waals surface area contributed by atoms with Gasteiger partial charge < -0.3 is 24.4 Å². The summed E-state index contributed by atoms with van der Waals surface area (Å²) in [5, 5.41) is 21.3. The number of non-ortho nitro benzene ring substituents is 1. The number of amides is 2. The van der Waals surface area contributed by atoms with E-state index < -0.39 is 46.3 Å². The maximum absolute atomic E-state index is 13.9. The third-order valence-corrected chi connectivity index (χ3v) is 12.7. The Morgan fingerprint density at radius 2 is 1.77 bits per heavy atom. The number of aldehydes is 1. The van der Waals surface area contributed by atoms with Crippen LogP contribution in [0.3, 0.4) is 0 Å². The van der Waals surface area contributed by atoms with Crippen LogP contribution in [0.2, 0.25) is 0 Å². The summed E-state index contributed by atoms with van der Waals surface area (Å²) in [4.78, 5) is 73.3. The number of aliphatic hydroxyl groups excluding tert-OH is 1. The standard InChI is InChI=1S/C37H51N5O9S/c1-23-30-29(24(2)44)33(45)41(30)31(34(46)50-21-25-9-11-27(12-10-25)42(48)49)32(23)52-28-19-37(22-43,40(20-28)35(47)51-36(3,4)5)39-17-13-26(14-18-39)38-15-7-6-8-16-38/h9-12,22-24,26,28-30,44H,6-8,13-21H2,1-5H3/t23-,24-,28+,29-,30-,37+/m1/s1. The predicted molar refractivity (Wildman–Crippen MR) is 193 cm³/mol. The van der Waals surface area contributed by atoms with Crippen LogP contribution < -0.4 is 0 Å². The van der Waals surface area contributed by atoms with Crippen molar-refractivity contribution in [2.75, 3.05) is 32.7 Å². The molecule has 0 bridgehead atoms. The van der Waals surface area contributed by atoms with Gasteiger partial charge in [-0.2, -0.15) is 0 Å². The Labute approximate surface area is 309 Å². The number of likely N-dealkylation sites (tertiary alicyclic amines) is 3. The van der Waals surface area contributed by atoms with Gasteiger partial charge in [-0.25, -0.2) is 9.59 Å². The first-order valence-electron chi connectivity index (χ1n) is 18.4. The number of fused-ring (bicyclic) bond motifs is 1. The van der Waals surface area contributed by atoms with Gasteiger partial charge in [0.05, 0.1) is 23.0 Å². The molecule has 284 valence electrons. The zero-order valence-corrected chi connectivity index (χ0v) is 31.5. The second-order valence-corrected chi connectivity index (χ2v) is 17.2. The Bertz CT molecular complexity index is 1580. The zero-order valence-electron chi connectivity index (χ0n) is 30.7. The lowest BCUT2D eigenvalue weighted by Crippen LogP contribution is -2.63. The number of hydrogen-bond acceptors (Lipinski definition) is 12. The van der Waals surface area contributed by atoms with Gasteiger partial charge in [0.15, 0.2) is 11.9 Å².